The monoisotopic (exact) mass is 246 g/mol. The molecule has 3 heteroatoms. The molecule has 0 unspecified atom stereocenters. The Hall–Kier alpha value is -2.68. The summed E-state index contributed by atoms with van der Waals surface area (Å²) in [7, 11) is 0. The molecule has 0 atom stereocenters. The minimum absolute atomic E-state index is 0.0466. The van der Waals surface area contributed by atoms with Crippen LogP contribution < -0.4 is 0 Å². The molecule has 0 spiro atoms. The SMILES string of the molecule is O=C1c2ccccc2-n2nc(-c3ccccc3)cc21. The number of aromatic nitrogens is 2. The second-order valence-electron chi connectivity index (χ2n) is 4.54. The molecular weight excluding hydrogens is 236 g/mol. The number of nitrogens with zero attached hydrogens (tertiary/aromatic N) is 2. The van der Waals surface area contributed by atoms with Gasteiger partial charge in [0.15, 0.2) is 0 Å². The van der Waals surface area contributed by atoms with Crippen LogP contribution in [0.25, 0.3) is 16.9 Å². The average Bonchev–Trinajstić information content (AvgIpc) is 3.01. The van der Waals surface area contributed by atoms with E-state index < -0.39 is 0 Å². The number of rotatable bonds is 1. The zero-order valence-electron chi connectivity index (χ0n) is 10.1. The van der Waals surface area contributed by atoms with Gasteiger partial charge in [0, 0.05) is 11.1 Å². The minimum Gasteiger partial charge on any atom is -0.287 e. The molecule has 3 nitrogen and oxygen atoms in total. The number of carbonyl (C=O) groups excluding carboxylic acids is 1. The fraction of sp³-hybridized carbons (Fsp3) is 0. The largest absolute Gasteiger partial charge is 0.287 e. The van der Waals surface area contributed by atoms with Crippen molar-refractivity contribution in [3.63, 3.8) is 0 Å². The first-order valence-electron chi connectivity index (χ1n) is 6.14. The van der Waals surface area contributed by atoms with E-state index in [1.54, 1.807) is 4.68 Å². The molecule has 2 heterocycles. The zero-order chi connectivity index (χ0) is 12.8. The van der Waals surface area contributed by atoms with E-state index >= 15 is 0 Å². The van der Waals surface area contributed by atoms with Gasteiger partial charge in [0.25, 0.3) is 0 Å². The maximum Gasteiger partial charge on any atom is 0.213 e. The molecule has 0 saturated heterocycles. The van der Waals surface area contributed by atoms with Crippen LogP contribution in [0.15, 0.2) is 60.7 Å². The van der Waals surface area contributed by atoms with Crippen LogP contribution in [0.4, 0.5) is 0 Å². The molecule has 2 aromatic carbocycles. The van der Waals surface area contributed by atoms with Gasteiger partial charge in [-0.25, -0.2) is 4.68 Å². The van der Waals surface area contributed by atoms with Crippen LogP contribution >= 0.6 is 0 Å². The Kier molecular flexibility index (Phi) is 1.97. The van der Waals surface area contributed by atoms with Gasteiger partial charge in [0.2, 0.25) is 5.78 Å². The third-order valence-electron chi connectivity index (χ3n) is 3.39. The standard InChI is InChI=1S/C16H10N2O/c19-16-12-8-4-5-9-14(12)18-15(16)10-13(17-18)11-6-2-1-3-7-11/h1-10H. The summed E-state index contributed by atoms with van der Waals surface area (Å²) in [6.07, 6.45) is 0. The first-order valence-corrected chi connectivity index (χ1v) is 6.14. The summed E-state index contributed by atoms with van der Waals surface area (Å²) in [6.45, 7) is 0. The van der Waals surface area contributed by atoms with Gasteiger partial charge < -0.3 is 0 Å². The number of benzene rings is 2. The van der Waals surface area contributed by atoms with E-state index in [0.29, 0.717) is 5.69 Å². The Morgan fingerprint density at radius 1 is 0.895 bits per heavy atom. The topological polar surface area (TPSA) is 34.9 Å². The van der Waals surface area contributed by atoms with E-state index in [1.165, 1.54) is 0 Å². The molecule has 90 valence electrons. The van der Waals surface area contributed by atoms with E-state index in [0.717, 1.165) is 22.5 Å². The third-order valence-corrected chi connectivity index (χ3v) is 3.39. The van der Waals surface area contributed by atoms with Gasteiger partial charge in [-0.2, -0.15) is 5.10 Å². The number of hydrogen-bond donors (Lipinski definition) is 0. The lowest BCUT2D eigenvalue weighted by atomic mass is 10.1. The van der Waals surface area contributed by atoms with E-state index in [1.807, 2.05) is 60.7 Å². The number of para-hydroxylation sites is 1. The van der Waals surface area contributed by atoms with Crippen LogP contribution in [0.3, 0.4) is 0 Å². The highest BCUT2D eigenvalue weighted by Gasteiger charge is 2.28. The number of hydrogen-bond acceptors (Lipinski definition) is 2. The Morgan fingerprint density at radius 2 is 1.63 bits per heavy atom. The van der Waals surface area contributed by atoms with E-state index in [4.69, 9.17) is 0 Å². The van der Waals surface area contributed by atoms with Gasteiger partial charge in [-0.3, -0.25) is 4.79 Å². The molecule has 19 heavy (non-hydrogen) atoms. The van der Waals surface area contributed by atoms with Crippen LogP contribution in [-0.4, -0.2) is 15.6 Å². The van der Waals surface area contributed by atoms with Crippen LogP contribution in [0.1, 0.15) is 16.1 Å². The van der Waals surface area contributed by atoms with Gasteiger partial charge in [-0.1, -0.05) is 42.5 Å². The van der Waals surface area contributed by atoms with Gasteiger partial charge in [-0.15, -0.1) is 0 Å². The molecule has 0 radical (unpaired) electrons. The third kappa shape index (κ3) is 1.38. The quantitative estimate of drug-likeness (QED) is 0.517. The molecule has 0 fully saturated rings. The van der Waals surface area contributed by atoms with E-state index in [-0.39, 0.29) is 5.78 Å². The second kappa shape index (κ2) is 3.65. The lowest BCUT2D eigenvalue weighted by molar-refractivity contribution is 0.104. The van der Waals surface area contributed by atoms with Crippen molar-refractivity contribution < 1.29 is 4.79 Å². The highest BCUT2D eigenvalue weighted by atomic mass is 16.1. The predicted octanol–water partition coefficient (Wildman–Crippen LogP) is 3.08. The highest BCUT2D eigenvalue weighted by Crippen LogP contribution is 2.30. The van der Waals surface area contributed by atoms with Crippen molar-refractivity contribution in [3.05, 3.63) is 71.9 Å². The van der Waals surface area contributed by atoms with Gasteiger partial charge >= 0.3 is 0 Å². The Labute approximate surface area is 110 Å². The fourth-order valence-electron chi connectivity index (χ4n) is 2.46. The molecule has 0 bridgehead atoms. The number of fused-ring (bicyclic) bond motifs is 3. The smallest absolute Gasteiger partial charge is 0.213 e. The Morgan fingerprint density at radius 3 is 2.47 bits per heavy atom. The minimum atomic E-state index is 0.0466. The molecule has 4 rings (SSSR count). The molecule has 3 aromatic rings. The lowest BCUT2D eigenvalue weighted by Gasteiger charge is -1.99. The highest BCUT2D eigenvalue weighted by molar-refractivity contribution is 6.14. The fourth-order valence-corrected chi connectivity index (χ4v) is 2.46. The number of carbonyl (C=O) groups is 1. The molecule has 1 aromatic heterocycles. The maximum atomic E-state index is 12.3. The maximum absolute atomic E-state index is 12.3. The predicted molar refractivity (Wildman–Crippen MR) is 72.4 cm³/mol. The zero-order valence-corrected chi connectivity index (χ0v) is 10.1. The first-order chi connectivity index (χ1) is 9.34. The summed E-state index contributed by atoms with van der Waals surface area (Å²) < 4.78 is 1.74. The van der Waals surface area contributed by atoms with Gasteiger partial charge in [0.05, 0.1) is 11.4 Å². The van der Waals surface area contributed by atoms with Crippen molar-refractivity contribution in [2.24, 2.45) is 0 Å². The Bertz CT molecular complexity index is 788. The average molecular weight is 246 g/mol. The molecule has 0 amide bonds. The summed E-state index contributed by atoms with van der Waals surface area (Å²) in [5.41, 5.74) is 4.09. The Balaban J connectivity index is 1.93. The van der Waals surface area contributed by atoms with E-state index in [9.17, 15) is 4.79 Å². The van der Waals surface area contributed by atoms with Crippen LogP contribution in [0.2, 0.25) is 0 Å². The van der Waals surface area contributed by atoms with Crippen molar-refractivity contribution in [2.45, 2.75) is 0 Å². The molecule has 0 saturated carbocycles. The summed E-state index contributed by atoms with van der Waals surface area (Å²) in [5.74, 6) is 0.0466. The molecule has 0 N–H and O–H groups in total. The van der Waals surface area contributed by atoms with Crippen molar-refractivity contribution in [3.8, 4) is 16.9 Å². The van der Waals surface area contributed by atoms with Gasteiger partial charge in [0.1, 0.15) is 5.69 Å². The number of ketones is 1. The van der Waals surface area contributed by atoms with Crippen molar-refractivity contribution in [2.75, 3.05) is 0 Å². The molecular formula is C16H10N2O. The summed E-state index contributed by atoms with van der Waals surface area (Å²) in [4.78, 5) is 12.3. The van der Waals surface area contributed by atoms with Crippen LogP contribution in [0, 0.1) is 0 Å². The van der Waals surface area contributed by atoms with Crippen molar-refractivity contribution in [1.29, 1.82) is 0 Å². The lowest BCUT2D eigenvalue weighted by Crippen LogP contribution is -1.95. The summed E-state index contributed by atoms with van der Waals surface area (Å²) in [6, 6.07) is 19.3. The first kappa shape index (κ1) is 10.3. The van der Waals surface area contributed by atoms with Crippen molar-refractivity contribution in [1.82, 2.24) is 9.78 Å². The molecule has 1 aliphatic heterocycles. The van der Waals surface area contributed by atoms with Crippen LogP contribution in [0.5, 0.6) is 0 Å². The van der Waals surface area contributed by atoms with E-state index in [2.05, 4.69) is 5.10 Å². The normalized spacial score (nSPS) is 12.3. The second-order valence-corrected chi connectivity index (χ2v) is 4.54. The van der Waals surface area contributed by atoms with Crippen molar-refractivity contribution >= 4 is 5.78 Å². The van der Waals surface area contributed by atoms with Gasteiger partial charge in [-0.05, 0) is 18.2 Å². The molecule has 1 aliphatic rings. The van der Waals surface area contributed by atoms with Crippen LogP contribution in [-0.2, 0) is 0 Å². The summed E-state index contributed by atoms with van der Waals surface area (Å²) in [5, 5.41) is 4.55. The summed E-state index contributed by atoms with van der Waals surface area (Å²) >= 11 is 0. The molecule has 0 aliphatic carbocycles.